The van der Waals surface area contributed by atoms with E-state index in [1.165, 1.54) is 12.8 Å². The minimum atomic E-state index is 0.732. The van der Waals surface area contributed by atoms with Crippen molar-refractivity contribution in [3.8, 4) is 0 Å². The van der Waals surface area contributed by atoms with Crippen LogP contribution in [0.3, 0.4) is 0 Å². The second kappa shape index (κ2) is 4.73. The van der Waals surface area contributed by atoms with Gasteiger partial charge < -0.3 is 4.90 Å². The highest BCUT2D eigenvalue weighted by Crippen LogP contribution is 2.28. The standard InChI is InChI=1S/C14H16ClN3/c1-2-13-16-12-9-10(15)5-6-11(12)14(17-13)18-7-3-4-8-18/h5-6,9H,2-4,7-8H2,1H3. The highest BCUT2D eigenvalue weighted by molar-refractivity contribution is 6.31. The first-order valence-corrected chi connectivity index (χ1v) is 6.87. The molecule has 0 aliphatic carbocycles. The molecule has 0 spiro atoms. The van der Waals surface area contributed by atoms with E-state index in [9.17, 15) is 0 Å². The first-order chi connectivity index (χ1) is 8.78. The van der Waals surface area contributed by atoms with Crippen molar-refractivity contribution in [2.75, 3.05) is 18.0 Å². The second-order valence-corrected chi connectivity index (χ2v) is 5.11. The fourth-order valence-corrected chi connectivity index (χ4v) is 2.63. The Kier molecular flexibility index (Phi) is 3.08. The summed E-state index contributed by atoms with van der Waals surface area (Å²) in [4.78, 5) is 11.6. The lowest BCUT2D eigenvalue weighted by Gasteiger charge is -2.19. The van der Waals surface area contributed by atoms with Crippen molar-refractivity contribution < 1.29 is 0 Å². The lowest BCUT2D eigenvalue weighted by Crippen LogP contribution is -2.20. The van der Waals surface area contributed by atoms with Gasteiger partial charge in [-0.3, -0.25) is 0 Å². The summed E-state index contributed by atoms with van der Waals surface area (Å²) in [5.41, 5.74) is 0.955. The van der Waals surface area contributed by atoms with Gasteiger partial charge in [0.15, 0.2) is 0 Å². The lowest BCUT2D eigenvalue weighted by molar-refractivity contribution is 0.896. The fourth-order valence-electron chi connectivity index (χ4n) is 2.46. The van der Waals surface area contributed by atoms with E-state index in [-0.39, 0.29) is 0 Å². The number of aromatic nitrogens is 2. The maximum Gasteiger partial charge on any atom is 0.140 e. The van der Waals surface area contributed by atoms with Gasteiger partial charge in [-0.1, -0.05) is 18.5 Å². The molecule has 0 atom stereocenters. The number of rotatable bonds is 2. The molecule has 1 saturated heterocycles. The highest BCUT2D eigenvalue weighted by atomic mass is 35.5. The van der Waals surface area contributed by atoms with Crippen molar-refractivity contribution in [2.24, 2.45) is 0 Å². The summed E-state index contributed by atoms with van der Waals surface area (Å²) in [6.07, 6.45) is 3.35. The molecule has 3 rings (SSSR count). The van der Waals surface area contributed by atoms with E-state index < -0.39 is 0 Å². The summed E-state index contributed by atoms with van der Waals surface area (Å²) in [6, 6.07) is 5.88. The van der Waals surface area contributed by atoms with Crippen molar-refractivity contribution >= 4 is 28.3 Å². The Bertz CT molecular complexity index is 577. The Morgan fingerprint density at radius 3 is 2.72 bits per heavy atom. The van der Waals surface area contributed by atoms with Crippen LogP contribution in [-0.2, 0) is 6.42 Å². The van der Waals surface area contributed by atoms with Crippen molar-refractivity contribution in [2.45, 2.75) is 26.2 Å². The summed E-state index contributed by atoms with van der Waals surface area (Å²) in [7, 11) is 0. The number of nitrogens with zero attached hydrogens (tertiary/aromatic N) is 3. The molecular formula is C14H16ClN3. The molecule has 0 saturated carbocycles. The molecule has 0 amide bonds. The van der Waals surface area contributed by atoms with Gasteiger partial charge in [-0.2, -0.15) is 0 Å². The lowest BCUT2D eigenvalue weighted by atomic mass is 10.2. The van der Waals surface area contributed by atoms with E-state index in [1.807, 2.05) is 18.2 Å². The highest BCUT2D eigenvalue weighted by Gasteiger charge is 2.17. The van der Waals surface area contributed by atoms with Gasteiger partial charge in [0.05, 0.1) is 5.52 Å². The predicted molar refractivity (Wildman–Crippen MR) is 75.4 cm³/mol. The third-order valence-electron chi connectivity index (χ3n) is 3.41. The molecule has 3 nitrogen and oxygen atoms in total. The van der Waals surface area contributed by atoms with E-state index in [0.29, 0.717) is 0 Å². The molecule has 0 bridgehead atoms. The molecule has 1 fully saturated rings. The van der Waals surface area contributed by atoms with Gasteiger partial charge >= 0.3 is 0 Å². The number of benzene rings is 1. The Labute approximate surface area is 112 Å². The zero-order valence-electron chi connectivity index (χ0n) is 10.5. The van der Waals surface area contributed by atoms with Crippen molar-refractivity contribution in [1.82, 2.24) is 9.97 Å². The van der Waals surface area contributed by atoms with Crippen LogP contribution >= 0.6 is 11.6 Å². The third-order valence-corrected chi connectivity index (χ3v) is 3.64. The summed E-state index contributed by atoms with van der Waals surface area (Å²) in [5, 5.41) is 1.84. The van der Waals surface area contributed by atoms with Crippen molar-refractivity contribution in [3.05, 3.63) is 29.0 Å². The molecule has 1 aromatic heterocycles. The van der Waals surface area contributed by atoms with Gasteiger partial charge in [0.1, 0.15) is 11.6 Å². The number of hydrogen-bond donors (Lipinski definition) is 0. The number of anilines is 1. The number of fused-ring (bicyclic) bond motifs is 1. The summed E-state index contributed by atoms with van der Waals surface area (Å²) < 4.78 is 0. The molecular weight excluding hydrogens is 246 g/mol. The number of halogens is 1. The van der Waals surface area contributed by atoms with Gasteiger partial charge in [0.2, 0.25) is 0 Å². The summed E-state index contributed by atoms with van der Waals surface area (Å²) in [5.74, 6) is 1.97. The minimum absolute atomic E-state index is 0.732. The molecule has 1 aliphatic rings. The predicted octanol–water partition coefficient (Wildman–Crippen LogP) is 3.45. The second-order valence-electron chi connectivity index (χ2n) is 4.67. The van der Waals surface area contributed by atoms with Gasteiger partial charge in [-0.05, 0) is 31.0 Å². The van der Waals surface area contributed by atoms with Crippen LogP contribution in [0.1, 0.15) is 25.6 Å². The van der Waals surface area contributed by atoms with Gasteiger partial charge in [-0.25, -0.2) is 9.97 Å². The monoisotopic (exact) mass is 261 g/mol. The zero-order valence-corrected chi connectivity index (χ0v) is 11.2. The van der Waals surface area contributed by atoms with E-state index in [2.05, 4.69) is 16.8 Å². The average molecular weight is 262 g/mol. The van der Waals surface area contributed by atoms with Crippen LogP contribution < -0.4 is 4.90 Å². The normalized spacial score (nSPS) is 15.6. The Balaban J connectivity index is 2.20. The Morgan fingerprint density at radius 1 is 1.22 bits per heavy atom. The molecule has 1 aromatic carbocycles. The molecule has 0 unspecified atom stereocenters. The summed E-state index contributed by atoms with van der Waals surface area (Å²) >= 11 is 6.05. The zero-order chi connectivity index (χ0) is 12.5. The maximum absolute atomic E-state index is 6.05. The fraction of sp³-hybridized carbons (Fsp3) is 0.429. The molecule has 0 N–H and O–H groups in total. The van der Waals surface area contributed by atoms with E-state index in [0.717, 1.165) is 47.1 Å². The average Bonchev–Trinajstić information content (AvgIpc) is 2.90. The molecule has 4 heteroatoms. The van der Waals surface area contributed by atoms with Crippen molar-refractivity contribution in [1.29, 1.82) is 0 Å². The molecule has 2 heterocycles. The van der Waals surface area contributed by atoms with Crippen LogP contribution in [-0.4, -0.2) is 23.1 Å². The summed E-state index contributed by atoms with van der Waals surface area (Å²) in [6.45, 7) is 4.27. The van der Waals surface area contributed by atoms with Gasteiger partial charge in [0, 0.05) is 29.9 Å². The Morgan fingerprint density at radius 2 is 2.00 bits per heavy atom. The molecule has 0 radical (unpaired) electrons. The maximum atomic E-state index is 6.05. The van der Waals surface area contributed by atoms with Crippen LogP contribution in [0.15, 0.2) is 18.2 Å². The van der Waals surface area contributed by atoms with E-state index in [4.69, 9.17) is 16.6 Å². The molecule has 1 aliphatic heterocycles. The topological polar surface area (TPSA) is 29.0 Å². The SMILES string of the molecule is CCc1nc(N2CCCC2)c2ccc(Cl)cc2n1. The third kappa shape index (κ3) is 2.03. The largest absolute Gasteiger partial charge is 0.356 e. The van der Waals surface area contributed by atoms with Gasteiger partial charge in [0.25, 0.3) is 0 Å². The smallest absolute Gasteiger partial charge is 0.140 e. The Hall–Kier alpha value is -1.35. The minimum Gasteiger partial charge on any atom is -0.356 e. The van der Waals surface area contributed by atoms with Crippen LogP contribution in [0.5, 0.6) is 0 Å². The van der Waals surface area contributed by atoms with Crippen LogP contribution in [0.2, 0.25) is 5.02 Å². The van der Waals surface area contributed by atoms with E-state index in [1.54, 1.807) is 0 Å². The van der Waals surface area contributed by atoms with E-state index >= 15 is 0 Å². The number of hydrogen-bond acceptors (Lipinski definition) is 3. The molecule has 2 aromatic rings. The quantitative estimate of drug-likeness (QED) is 0.829. The van der Waals surface area contributed by atoms with Crippen LogP contribution in [0.4, 0.5) is 5.82 Å². The van der Waals surface area contributed by atoms with Crippen LogP contribution in [0, 0.1) is 0 Å². The first kappa shape index (κ1) is 11.7. The van der Waals surface area contributed by atoms with Gasteiger partial charge in [-0.15, -0.1) is 0 Å². The molecule has 94 valence electrons. The molecule has 18 heavy (non-hydrogen) atoms. The number of aryl methyl sites for hydroxylation is 1. The first-order valence-electron chi connectivity index (χ1n) is 6.49. The van der Waals surface area contributed by atoms with Crippen LogP contribution in [0.25, 0.3) is 10.9 Å². The van der Waals surface area contributed by atoms with Crippen molar-refractivity contribution in [3.63, 3.8) is 0 Å².